The van der Waals surface area contributed by atoms with Crippen LogP contribution in [0.3, 0.4) is 0 Å². The molecule has 3 heteroatoms. The van der Waals surface area contributed by atoms with Crippen LogP contribution in [0.2, 0.25) is 0 Å². The first-order valence-corrected chi connectivity index (χ1v) is 7.71. The minimum Gasteiger partial charge on any atom is -0.353 e. The van der Waals surface area contributed by atoms with Crippen LogP contribution in [0, 0.1) is 11.3 Å². The van der Waals surface area contributed by atoms with E-state index in [1.807, 2.05) is 0 Å². The molecular weight excluding hydrogens is 224 g/mol. The molecule has 18 heavy (non-hydrogen) atoms. The fourth-order valence-electron chi connectivity index (χ4n) is 3.17. The summed E-state index contributed by atoms with van der Waals surface area (Å²) in [6.45, 7) is 2.68. The molecule has 0 aliphatic heterocycles. The van der Waals surface area contributed by atoms with Gasteiger partial charge in [-0.3, -0.25) is 4.79 Å². The van der Waals surface area contributed by atoms with Gasteiger partial charge in [0.2, 0.25) is 5.91 Å². The normalized spacial score (nSPS) is 24.6. The predicted octanol–water partition coefficient (Wildman–Crippen LogP) is 2.59. The number of carbonyl (C=O) groups is 1. The molecule has 2 rings (SSSR count). The summed E-state index contributed by atoms with van der Waals surface area (Å²) in [5.74, 6) is 1.10. The third kappa shape index (κ3) is 3.25. The van der Waals surface area contributed by atoms with Crippen molar-refractivity contribution in [3.8, 4) is 0 Å². The zero-order valence-electron chi connectivity index (χ0n) is 11.7. The molecule has 1 unspecified atom stereocenters. The number of nitrogens with one attached hydrogen (secondary N) is 1. The molecule has 0 aromatic rings. The van der Waals surface area contributed by atoms with E-state index >= 15 is 0 Å². The summed E-state index contributed by atoms with van der Waals surface area (Å²) in [5, 5.41) is 3.28. The second-order valence-electron chi connectivity index (χ2n) is 6.30. The standard InChI is InChI=1S/C15H28N2O/c1-2-13(10-12-6-7-12)17-14(18)15(11-16)8-4-3-5-9-15/h12-13H,2-11,16H2,1H3,(H,17,18). The monoisotopic (exact) mass is 252 g/mol. The molecule has 0 spiro atoms. The second kappa shape index (κ2) is 6.05. The van der Waals surface area contributed by atoms with Crippen LogP contribution in [-0.4, -0.2) is 18.5 Å². The molecule has 3 nitrogen and oxygen atoms in total. The first-order valence-electron chi connectivity index (χ1n) is 7.71. The predicted molar refractivity (Wildman–Crippen MR) is 74.1 cm³/mol. The Balaban J connectivity index is 1.90. The number of amides is 1. The molecule has 104 valence electrons. The van der Waals surface area contributed by atoms with Gasteiger partial charge in [0, 0.05) is 12.6 Å². The molecule has 2 saturated carbocycles. The van der Waals surface area contributed by atoms with E-state index in [0.717, 1.165) is 38.0 Å². The van der Waals surface area contributed by atoms with Crippen molar-refractivity contribution in [1.82, 2.24) is 5.32 Å². The summed E-state index contributed by atoms with van der Waals surface area (Å²) in [6, 6.07) is 0.371. The Morgan fingerprint density at radius 3 is 2.50 bits per heavy atom. The molecule has 0 bridgehead atoms. The van der Waals surface area contributed by atoms with Gasteiger partial charge in [0.15, 0.2) is 0 Å². The van der Waals surface area contributed by atoms with Gasteiger partial charge in [-0.05, 0) is 31.6 Å². The van der Waals surface area contributed by atoms with E-state index in [-0.39, 0.29) is 11.3 Å². The Kier molecular flexibility index (Phi) is 4.66. The highest BCUT2D eigenvalue weighted by atomic mass is 16.2. The minimum atomic E-state index is -0.255. The lowest BCUT2D eigenvalue weighted by atomic mass is 9.73. The third-order valence-corrected chi connectivity index (χ3v) is 4.83. The molecule has 2 aliphatic rings. The number of hydrogen-bond donors (Lipinski definition) is 2. The van der Waals surface area contributed by atoms with Crippen molar-refractivity contribution in [2.75, 3.05) is 6.54 Å². The SMILES string of the molecule is CCC(CC1CC1)NC(=O)C1(CN)CCCCC1. The fourth-order valence-corrected chi connectivity index (χ4v) is 3.17. The average molecular weight is 252 g/mol. The van der Waals surface area contributed by atoms with E-state index in [1.54, 1.807) is 0 Å². The Labute approximate surface area is 111 Å². The molecule has 1 amide bonds. The first kappa shape index (κ1) is 13.9. The maximum Gasteiger partial charge on any atom is 0.227 e. The largest absolute Gasteiger partial charge is 0.353 e. The summed E-state index contributed by atoms with van der Waals surface area (Å²) in [7, 11) is 0. The van der Waals surface area contributed by atoms with Gasteiger partial charge in [0.05, 0.1) is 5.41 Å². The lowest BCUT2D eigenvalue weighted by Crippen LogP contribution is -2.50. The first-order chi connectivity index (χ1) is 8.70. The zero-order chi connectivity index (χ0) is 13.0. The van der Waals surface area contributed by atoms with E-state index in [0.29, 0.717) is 12.6 Å². The molecule has 0 heterocycles. The Hall–Kier alpha value is -0.570. The Bertz CT molecular complexity index is 280. The van der Waals surface area contributed by atoms with Gasteiger partial charge >= 0.3 is 0 Å². The molecule has 2 aliphatic carbocycles. The maximum absolute atomic E-state index is 12.5. The van der Waals surface area contributed by atoms with Crippen LogP contribution in [0.5, 0.6) is 0 Å². The number of rotatable bonds is 6. The van der Waals surface area contributed by atoms with Crippen LogP contribution >= 0.6 is 0 Å². The van der Waals surface area contributed by atoms with E-state index in [2.05, 4.69) is 12.2 Å². The van der Waals surface area contributed by atoms with Crippen molar-refractivity contribution in [3.63, 3.8) is 0 Å². The maximum atomic E-state index is 12.5. The van der Waals surface area contributed by atoms with Crippen LogP contribution < -0.4 is 11.1 Å². The summed E-state index contributed by atoms with van der Waals surface area (Å²) in [6.07, 6.45) is 10.5. The van der Waals surface area contributed by atoms with Crippen molar-refractivity contribution in [2.45, 2.75) is 70.8 Å². The van der Waals surface area contributed by atoms with E-state index in [1.165, 1.54) is 25.7 Å². The van der Waals surface area contributed by atoms with Crippen LogP contribution in [0.25, 0.3) is 0 Å². The lowest BCUT2D eigenvalue weighted by molar-refractivity contribution is -0.133. The fraction of sp³-hybridized carbons (Fsp3) is 0.933. The topological polar surface area (TPSA) is 55.1 Å². The van der Waals surface area contributed by atoms with Gasteiger partial charge in [-0.15, -0.1) is 0 Å². The molecule has 2 fully saturated rings. The zero-order valence-corrected chi connectivity index (χ0v) is 11.7. The highest BCUT2D eigenvalue weighted by Crippen LogP contribution is 2.37. The Morgan fingerprint density at radius 2 is 2.00 bits per heavy atom. The van der Waals surface area contributed by atoms with Crippen molar-refractivity contribution in [1.29, 1.82) is 0 Å². The quantitative estimate of drug-likeness (QED) is 0.763. The molecule has 3 N–H and O–H groups in total. The van der Waals surface area contributed by atoms with Gasteiger partial charge in [0.25, 0.3) is 0 Å². The molecule has 0 aromatic carbocycles. The van der Waals surface area contributed by atoms with E-state index in [4.69, 9.17) is 5.73 Å². The van der Waals surface area contributed by atoms with Gasteiger partial charge in [0.1, 0.15) is 0 Å². The lowest BCUT2D eigenvalue weighted by Gasteiger charge is -2.36. The van der Waals surface area contributed by atoms with E-state index < -0.39 is 0 Å². The average Bonchev–Trinajstić information content (AvgIpc) is 3.22. The summed E-state index contributed by atoms with van der Waals surface area (Å²) in [4.78, 5) is 12.5. The second-order valence-corrected chi connectivity index (χ2v) is 6.30. The molecule has 0 radical (unpaired) electrons. The Morgan fingerprint density at radius 1 is 1.33 bits per heavy atom. The van der Waals surface area contributed by atoms with Gasteiger partial charge in [-0.25, -0.2) is 0 Å². The van der Waals surface area contributed by atoms with Crippen molar-refractivity contribution < 1.29 is 4.79 Å². The molecule has 0 aromatic heterocycles. The molecule has 1 atom stereocenters. The highest BCUT2D eigenvalue weighted by molar-refractivity contribution is 5.83. The van der Waals surface area contributed by atoms with Crippen LogP contribution in [0.15, 0.2) is 0 Å². The smallest absolute Gasteiger partial charge is 0.227 e. The summed E-state index contributed by atoms with van der Waals surface area (Å²) < 4.78 is 0. The van der Waals surface area contributed by atoms with Crippen molar-refractivity contribution in [3.05, 3.63) is 0 Å². The molecule has 0 saturated heterocycles. The minimum absolute atomic E-state index is 0.234. The van der Waals surface area contributed by atoms with Crippen LogP contribution in [0.1, 0.15) is 64.7 Å². The number of carbonyl (C=O) groups excluding carboxylic acids is 1. The molecular formula is C15H28N2O. The van der Waals surface area contributed by atoms with Gasteiger partial charge in [-0.2, -0.15) is 0 Å². The van der Waals surface area contributed by atoms with Gasteiger partial charge < -0.3 is 11.1 Å². The highest BCUT2D eigenvalue weighted by Gasteiger charge is 2.39. The van der Waals surface area contributed by atoms with Crippen molar-refractivity contribution >= 4 is 5.91 Å². The summed E-state index contributed by atoms with van der Waals surface area (Å²) >= 11 is 0. The van der Waals surface area contributed by atoms with Crippen LogP contribution in [0.4, 0.5) is 0 Å². The van der Waals surface area contributed by atoms with E-state index in [9.17, 15) is 4.79 Å². The summed E-state index contributed by atoms with van der Waals surface area (Å²) in [5.41, 5.74) is 5.65. The van der Waals surface area contributed by atoms with Crippen molar-refractivity contribution in [2.24, 2.45) is 17.1 Å². The number of nitrogens with two attached hydrogens (primary N) is 1. The number of hydrogen-bond acceptors (Lipinski definition) is 2. The third-order valence-electron chi connectivity index (χ3n) is 4.83. The van der Waals surface area contributed by atoms with Crippen LogP contribution in [-0.2, 0) is 4.79 Å². The van der Waals surface area contributed by atoms with Gasteiger partial charge in [-0.1, -0.05) is 39.0 Å².